The van der Waals surface area contributed by atoms with Gasteiger partial charge in [-0.3, -0.25) is 10.3 Å². The number of aliphatic imine (C=N–C) groups is 3. The lowest BCUT2D eigenvalue weighted by atomic mass is 10.3. The first kappa shape index (κ1) is 12.6. The Morgan fingerprint density at radius 1 is 1.69 bits per heavy atom. The average molecular weight is 224 g/mol. The summed E-state index contributed by atoms with van der Waals surface area (Å²) in [7, 11) is 0. The SMILES string of the molecule is CCNC/N=C(N)\N=C1/CN=CN1C(C)C. The molecule has 0 spiro atoms. The second-order valence-corrected chi connectivity index (χ2v) is 3.76. The molecule has 0 atom stereocenters. The van der Waals surface area contributed by atoms with Gasteiger partial charge in [-0.05, 0) is 20.4 Å². The highest BCUT2D eigenvalue weighted by Gasteiger charge is 2.17. The third kappa shape index (κ3) is 3.62. The van der Waals surface area contributed by atoms with Crippen LogP contribution >= 0.6 is 0 Å². The summed E-state index contributed by atoms with van der Waals surface area (Å²) in [6, 6.07) is 0.339. The zero-order valence-electron chi connectivity index (χ0n) is 10.1. The van der Waals surface area contributed by atoms with Gasteiger partial charge >= 0.3 is 0 Å². The van der Waals surface area contributed by atoms with Crippen LogP contribution in [-0.4, -0.2) is 48.8 Å². The molecule has 1 aliphatic rings. The number of nitrogens with one attached hydrogen (secondary N) is 1. The molecule has 0 aliphatic carbocycles. The molecule has 0 amide bonds. The summed E-state index contributed by atoms with van der Waals surface area (Å²) in [5.41, 5.74) is 5.70. The Morgan fingerprint density at radius 2 is 2.44 bits per heavy atom. The molecule has 0 aromatic heterocycles. The van der Waals surface area contributed by atoms with Crippen molar-refractivity contribution in [2.24, 2.45) is 20.7 Å². The fraction of sp³-hybridized carbons (Fsp3) is 0.700. The molecule has 0 bridgehead atoms. The van der Waals surface area contributed by atoms with E-state index in [1.54, 1.807) is 6.34 Å². The van der Waals surface area contributed by atoms with Gasteiger partial charge in [0.05, 0.1) is 19.6 Å². The summed E-state index contributed by atoms with van der Waals surface area (Å²) in [4.78, 5) is 14.5. The minimum absolute atomic E-state index is 0.298. The van der Waals surface area contributed by atoms with Crippen LogP contribution in [0, 0.1) is 0 Å². The van der Waals surface area contributed by atoms with Crippen LogP contribution in [0.3, 0.4) is 0 Å². The second kappa shape index (κ2) is 6.22. The maximum atomic E-state index is 5.70. The van der Waals surface area contributed by atoms with Crippen molar-refractivity contribution in [2.45, 2.75) is 26.8 Å². The molecule has 3 N–H and O–H groups in total. The molecule has 0 unspecified atom stereocenters. The fourth-order valence-corrected chi connectivity index (χ4v) is 1.30. The molecule has 1 aliphatic heterocycles. The van der Waals surface area contributed by atoms with Gasteiger partial charge in [0.15, 0.2) is 0 Å². The summed E-state index contributed by atoms with van der Waals surface area (Å²) in [6.07, 6.45) is 1.79. The monoisotopic (exact) mass is 224 g/mol. The Hall–Kier alpha value is -1.43. The molecule has 0 saturated heterocycles. The van der Waals surface area contributed by atoms with E-state index in [0.29, 0.717) is 25.2 Å². The Morgan fingerprint density at radius 3 is 3.06 bits per heavy atom. The Balaban J connectivity index is 2.59. The molecule has 1 heterocycles. The van der Waals surface area contributed by atoms with E-state index in [2.05, 4.69) is 34.1 Å². The van der Waals surface area contributed by atoms with Gasteiger partial charge in [0.1, 0.15) is 5.84 Å². The second-order valence-electron chi connectivity index (χ2n) is 3.76. The molecule has 0 aromatic rings. The number of hydrogen-bond acceptors (Lipinski definition) is 3. The van der Waals surface area contributed by atoms with Crippen LogP contribution in [0.4, 0.5) is 0 Å². The maximum absolute atomic E-state index is 5.70. The quantitative estimate of drug-likeness (QED) is 0.401. The fourth-order valence-electron chi connectivity index (χ4n) is 1.30. The molecule has 0 radical (unpaired) electrons. The highest BCUT2D eigenvalue weighted by Crippen LogP contribution is 2.03. The van der Waals surface area contributed by atoms with Crippen LogP contribution in [0.5, 0.6) is 0 Å². The van der Waals surface area contributed by atoms with E-state index in [4.69, 9.17) is 5.73 Å². The molecule has 6 nitrogen and oxygen atoms in total. The summed E-state index contributed by atoms with van der Waals surface area (Å²) in [5.74, 6) is 1.15. The molecule has 0 fully saturated rings. The first-order valence-electron chi connectivity index (χ1n) is 5.51. The van der Waals surface area contributed by atoms with Gasteiger partial charge in [-0.15, -0.1) is 0 Å². The zero-order valence-corrected chi connectivity index (χ0v) is 10.1. The molecule has 1 rings (SSSR count). The standard InChI is InChI=1S/C10H20N6/c1-4-12-6-14-10(11)15-9-5-13-7-16(9)8(2)3/h7-8,12H,4-6H2,1-3H3,(H2,11,14)/b15-9+. The van der Waals surface area contributed by atoms with Gasteiger partial charge < -0.3 is 10.6 Å². The number of nitrogens with zero attached hydrogens (tertiary/aromatic N) is 4. The molecular weight excluding hydrogens is 204 g/mol. The van der Waals surface area contributed by atoms with E-state index >= 15 is 0 Å². The van der Waals surface area contributed by atoms with Crippen LogP contribution in [0.15, 0.2) is 15.0 Å². The Labute approximate surface area is 96.4 Å². The lowest BCUT2D eigenvalue weighted by molar-refractivity contribution is 0.519. The molecule has 6 heteroatoms. The summed E-state index contributed by atoms with van der Waals surface area (Å²) < 4.78 is 0. The normalized spacial score (nSPS) is 19.1. The zero-order chi connectivity index (χ0) is 12.0. The van der Waals surface area contributed by atoms with Gasteiger partial charge in [0.2, 0.25) is 5.96 Å². The number of amidine groups is 1. The van der Waals surface area contributed by atoms with Crippen molar-refractivity contribution in [3.05, 3.63) is 0 Å². The molecule has 90 valence electrons. The topological polar surface area (TPSA) is 78.4 Å². The summed E-state index contributed by atoms with van der Waals surface area (Å²) >= 11 is 0. The first-order valence-corrected chi connectivity index (χ1v) is 5.51. The first-order chi connectivity index (χ1) is 7.65. The van der Waals surface area contributed by atoms with Gasteiger partial charge in [0, 0.05) is 6.04 Å². The lowest BCUT2D eigenvalue weighted by Crippen LogP contribution is -2.34. The molecular formula is C10H20N6. The van der Waals surface area contributed by atoms with Crippen molar-refractivity contribution >= 4 is 18.1 Å². The molecule has 0 saturated carbocycles. The highest BCUT2D eigenvalue weighted by atomic mass is 15.3. The summed E-state index contributed by atoms with van der Waals surface area (Å²) in [5, 5.41) is 3.06. The predicted octanol–water partition coefficient (Wildman–Crippen LogP) is 0.0189. The van der Waals surface area contributed by atoms with E-state index in [1.807, 2.05) is 11.8 Å². The Kier molecular flexibility index (Phi) is 4.91. The van der Waals surface area contributed by atoms with E-state index in [9.17, 15) is 0 Å². The Bertz CT molecular complexity index is 304. The third-order valence-corrected chi connectivity index (χ3v) is 2.14. The van der Waals surface area contributed by atoms with Crippen LogP contribution in [0.1, 0.15) is 20.8 Å². The van der Waals surface area contributed by atoms with Crippen molar-refractivity contribution in [3.8, 4) is 0 Å². The predicted molar refractivity (Wildman–Crippen MR) is 67.9 cm³/mol. The van der Waals surface area contributed by atoms with Gasteiger partial charge in [-0.2, -0.15) is 4.99 Å². The largest absolute Gasteiger partial charge is 0.368 e. The van der Waals surface area contributed by atoms with E-state index in [-0.39, 0.29) is 0 Å². The lowest BCUT2D eigenvalue weighted by Gasteiger charge is -2.19. The van der Waals surface area contributed by atoms with Crippen LogP contribution in [0.2, 0.25) is 0 Å². The van der Waals surface area contributed by atoms with E-state index in [1.165, 1.54) is 0 Å². The van der Waals surface area contributed by atoms with Crippen molar-refractivity contribution in [1.29, 1.82) is 0 Å². The van der Waals surface area contributed by atoms with Gasteiger partial charge in [-0.25, -0.2) is 4.99 Å². The number of rotatable bonds is 4. The van der Waals surface area contributed by atoms with Crippen molar-refractivity contribution < 1.29 is 0 Å². The number of nitrogens with two attached hydrogens (primary N) is 1. The maximum Gasteiger partial charge on any atom is 0.218 e. The number of hydrogen-bond donors (Lipinski definition) is 2. The molecule has 16 heavy (non-hydrogen) atoms. The van der Waals surface area contributed by atoms with Crippen LogP contribution in [-0.2, 0) is 0 Å². The van der Waals surface area contributed by atoms with Gasteiger partial charge in [0.25, 0.3) is 0 Å². The van der Waals surface area contributed by atoms with Crippen LogP contribution < -0.4 is 11.1 Å². The van der Waals surface area contributed by atoms with Crippen molar-refractivity contribution in [1.82, 2.24) is 10.2 Å². The third-order valence-electron chi connectivity index (χ3n) is 2.14. The molecule has 0 aromatic carbocycles. The van der Waals surface area contributed by atoms with Gasteiger partial charge in [-0.1, -0.05) is 6.92 Å². The summed E-state index contributed by atoms with van der Waals surface area (Å²) in [6.45, 7) is 8.13. The van der Waals surface area contributed by atoms with Crippen LogP contribution in [0.25, 0.3) is 0 Å². The van der Waals surface area contributed by atoms with E-state index < -0.39 is 0 Å². The average Bonchev–Trinajstić information content (AvgIpc) is 2.66. The van der Waals surface area contributed by atoms with Crippen molar-refractivity contribution in [2.75, 3.05) is 19.8 Å². The minimum atomic E-state index is 0.298. The van der Waals surface area contributed by atoms with E-state index in [0.717, 1.165) is 12.4 Å². The van der Waals surface area contributed by atoms with Crippen molar-refractivity contribution in [3.63, 3.8) is 0 Å². The minimum Gasteiger partial charge on any atom is -0.368 e. The number of guanidine groups is 1. The smallest absolute Gasteiger partial charge is 0.218 e. The highest BCUT2D eigenvalue weighted by molar-refractivity contribution is 6.04.